The molecular weight excluding hydrogens is 204 g/mol. The largest absolute Gasteiger partial charge is 0.420 e. The molecule has 16 heavy (non-hydrogen) atoms. The van der Waals surface area contributed by atoms with E-state index in [0.29, 0.717) is 12.1 Å². The number of fused-ring (bicyclic) bond motifs is 1. The lowest BCUT2D eigenvalue weighted by molar-refractivity contribution is 0.477. The molecule has 0 aliphatic heterocycles. The zero-order valence-electron chi connectivity index (χ0n) is 9.56. The molecule has 4 heteroatoms. The third-order valence-corrected chi connectivity index (χ3v) is 2.65. The van der Waals surface area contributed by atoms with Crippen LogP contribution in [0.15, 0.2) is 27.4 Å². The van der Waals surface area contributed by atoms with E-state index in [2.05, 4.69) is 0 Å². The lowest BCUT2D eigenvalue weighted by atomic mass is 10.1. The van der Waals surface area contributed by atoms with E-state index in [1.807, 2.05) is 32.0 Å². The van der Waals surface area contributed by atoms with Crippen LogP contribution in [-0.2, 0) is 6.42 Å². The van der Waals surface area contributed by atoms with Gasteiger partial charge in [0.1, 0.15) is 0 Å². The standard InChI is InChI=1S/C12H16N2O2/c1-8(2)14-10-5-3-4-9(6-7-13)11(10)16-12(14)15/h3-5,8H,6-7,13H2,1-2H3. The van der Waals surface area contributed by atoms with Crippen LogP contribution in [-0.4, -0.2) is 11.1 Å². The first-order valence-electron chi connectivity index (χ1n) is 5.48. The number of hydrogen-bond donors (Lipinski definition) is 1. The highest BCUT2D eigenvalue weighted by molar-refractivity contribution is 5.76. The minimum Gasteiger partial charge on any atom is -0.407 e. The number of para-hydroxylation sites is 1. The molecule has 0 amide bonds. The van der Waals surface area contributed by atoms with Gasteiger partial charge in [-0.05, 0) is 38.4 Å². The summed E-state index contributed by atoms with van der Waals surface area (Å²) >= 11 is 0. The first-order valence-corrected chi connectivity index (χ1v) is 5.48. The Kier molecular flexibility index (Phi) is 2.83. The Balaban J connectivity index is 2.73. The van der Waals surface area contributed by atoms with Crippen molar-refractivity contribution in [1.82, 2.24) is 4.57 Å². The fraction of sp³-hybridized carbons (Fsp3) is 0.417. The van der Waals surface area contributed by atoms with E-state index in [0.717, 1.165) is 17.5 Å². The highest BCUT2D eigenvalue weighted by Gasteiger charge is 2.13. The molecule has 86 valence electrons. The second-order valence-corrected chi connectivity index (χ2v) is 4.14. The number of hydrogen-bond acceptors (Lipinski definition) is 3. The second-order valence-electron chi connectivity index (χ2n) is 4.14. The van der Waals surface area contributed by atoms with Gasteiger partial charge in [0.15, 0.2) is 5.58 Å². The minimum absolute atomic E-state index is 0.0990. The van der Waals surface area contributed by atoms with Crippen molar-refractivity contribution in [3.63, 3.8) is 0 Å². The molecule has 0 saturated carbocycles. The van der Waals surface area contributed by atoms with Crippen LogP contribution in [0.5, 0.6) is 0 Å². The van der Waals surface area contributed by atoms with Crippen molar-refractivity contribution in [2.24, 2.45) is 5.73 Å². The van der Waals surface area contributed by atoms with Crippen molar-refractivity contribution in [3.05, 3.63) is 34.3 Å². The Morgan fingerprint density at radius 1 is 1.44 bits per heavy atom. The number of nitrogens with two attached hydrogens (primary N) is 1. The highest BCUT2D eigenvalue weighted by Crippen LogP contribution is 2.20. The van der Waals surface area contributed by atoms with Gasteiger partial charge in [-0.1, -0.05) is 12.1 Å². The number of aromatic nitrogens is 1. The molecule has 1 aromatic carbocycles. The third kappa shape index (κ3) is 1.65. The van der Waals surface area contributed by atoms with Gasteiger partial charge in [0.05, 0.1) is 5.52 Å². The van der Waals surface area contributed by atoms with Crippen LogP contribution in [0, 0.1) is 0 Å². The zero-order chi connectivity index (χ0) is 11.7. The van der Waals surface area contributed by atoms with E-state index in [1.165, 1.54) is 0 Å². The molecule has 1 heterocycles. The van der Waals surface area contributed by atoms with Crippen molar-refractivity contribution >= 4 is 11.1 Å². The first kappa shape index (κ1) is 11.0. The Labute approximate surface area is 93.7 Å². The normalized spacial score (nSPS) is 11.5. The molecule has 0 aliphatic carbocycles. The summed E-state index contributed by atoms with van der Waals surface area (Å²) in [5, 5.41) is 0. The Bertz CT molecular complexity index is 552. The highest BCUT2D eigenvalue weighted by atomic mass is 16.4. The molecule has 0 fully saturated rings. The molecule has 2 aromatic rings. The molecule has 0 atom stereocenters. The lowest BCUT2D eigenvalue weighted by Gasteiger charge is -2.05. The van der Waals surface area contributed by atoms with Crippen LogP contribution in [0.3, 0.4) is 0 Å². The summed E-state index contributed by atoms with van der Waals surface area (Å²) in [5.74, 6) is -0.297. The molecule has 0 radical (unpaired) electrons. The SMILES string of the molecule is CC(C)n1c(=O)oc2c(CCN)cccc21. The third-order valence-electron chi connectivity index (χ3n) is 2.65. The Hall–Kier alpha value is -1.55. The van der Waals surface area contributed by atoms with E-state index < -0.39 is 0 Å². The van der Waals surface area contributed by atoms with Crippen LogP contribution in [0.25, 0.3) is 11.1 Å². The van der Waals surface area contributed by atoms with Gasteiger partial charge < -0.3 is 10.2 Å². The topological polar surface area (TPSA) is 61.2 Å². The van der Waals surface area contributed by atoms with Crippen molar-refractivity contribution in [1.29, 1.82) is 0 Å². The zero-order valence-corrected chi connectivity index (χ0v) is 9.56. The van der Waals surface area contributed by atoms with Gasteiger partial charge in [0.2, 0.25) is 0 Å². The molecule has 0 saturated heterocycles. The fourth-order valence-electron chi connectivity index (χ4n) is 1.96. The number of rotatable bonds is 3. The van der Waals surface area contributed by atoms with Crippen molar-refractivity contribution in [2.75, 3.05) is 6.54 Å². The predicted molar refractivity (Wildman–Crippen MR) is 63.6 cm³/mol. The van der Waals surface area contributed by atoms with Crippen LogP contribution in [0.2, 0.25) is 0 Å². The summed E-state index contributed by atoms with van der Waals surface area (Å²) < 4.78 is 6.96. The Morgan fingerprint density at radius 2 is 2.19 bits per heavy atom. The van der Waals surface area contributed by atoms with Crippen LogP contribution in [0.4, 0.5) is 0 Å². The maximum absolute atomic E-state index is 11.7. The van der Waals surface area contributed by atoms with Gasteiger partial charge in [-0.2, -0.15) is 0 Å². The number of nitrogens with zero attached hydrogens (tertiary/aromatic N) is 1. The molecule has 2 N–H and O–H groups in total. The summed E-state index contributed by atoms with van der Waals surface area (Å²) in [5.41, 5.74) is 8.05. The van der Waals surface area contributed by atoms with E-state index in [-0.39, 0.29) is 11.8 Å². The molecule has 4 nitrogen and oxygen atoms in total. The molecule has 0 aliphatic rings. The van der Waals surface area contributed by atoms with Crippen LogP contribution in [0.1, 0.15) is 25.5 Å². The van der Waals surface area contributed by atoms with E-state index in [1.54, 1.807) is 4.57 Å². The molecule has 2 rings (SSSR count). The minimum atomic E-state index is -0.297. The molecule has 1 aromatic heterocycles. The number of benzene rings is 1. The molecule has 0 unspecified atom stereocenters. The van der Waals surface area contributed by atoms with Gasteiger partial charge in [0.25, 0.3) is 0 Å². The summed E-state index contributed by atoms with van der Waals surface area (Å²) in [6.07, 6.45) is 0.725. The van der Waals surface area contributed by atoms with Gasteiger partial charge in [-0.15, -0.1) is 0 Å². The predicted octanol–water partition coefficient (Wildman–Crippen LogP) is 1.68. The van der Waals surface area contributed by atoms with Crippen LogP contribution < -0.4 is 11.5 Å². The smallest absolute Gasteiger partial charge is 0.407 e. The monoisotopic (exact) mass is 220 g/mol. The number of oxazole rings is 1. The van der Waals surface area contributed by atoms with E-state index in [9.17, 15) is 4.79 Å². The van der Waals surface area contributed by atoms with Crippen molar-refractivity contribution in [2.45, 2.75) is 26.3 Å². The van der Waals surface area contributed by atoms with Crippen molar-refractivity contribution < 1.29 is 4.42 Å². The quantitative estimate of drug-likeness (QED) is 0.856. The average molecular weight is 220 g/mol. The summed E-state index contributed by atoms with van der Waals surface area (Å²) in [6.45, 7) is 4.48. The maximum atomic E-state index is 11.7. The average Bonchev–Trinajstić information content (AvgIpc) is 2.55. The molecule has 0 spiro atoms. The fourth-order valence-corrected chi connectivity index (χ4v) is 1.96. The van der Waals surface area contributed by atoms with Gasteiger partial charge in [-0.25, -0.2) is 4.79 Å². The van der Waals surface area contributed by atoms with Gasteiger partial charge >= 0.3 is 5.76 Å². The summed E-state index contributed by atoms with van der Waals surface area (Å²) in [6, 6.07) is 5.88. The second kappa shape index (κ2) is 4.14. The van der Waals surface area contributed by atoms with Crippen LogP contribution >= 0.6 is 0 Å². The van der Waals surface area contributed by atoms with Crippen molar-refractivity contribution in [3.8, 4) is 0 Å². The van der Waals surface area contributed by atoms with E-state index >= 15 is 0 Å². The first-order chi connectivity index (χ1) is 7.65. The van der Waals surface area contributed by atoms with Gasteiger partial charge in [0, 0.05) is 6.04 Å². The molecular formula is C12H16N2O2. The summed E-state index contributed by atoms with van der Waals surface area (Å²) in [7, 11) is 0. The summed E-state index contributed by atoms with van der Waals surface area (Å²) in [4.78, 5) is 11.7. The maximum Gasteiger partial charge on any atom is 0.420 e. The van der Waals surface area contributed by atoms with Gasteiger partial charge in [-0.3, -0.25) is 4.57 Å². The lowest BCUT2D eigenvalue weighted by Crippen LogP contribution is -2.15. The molecule has 0 bridgehead atoms. The van der Waals surface area contributed by atoms with E-state index in [4.69, 9.17) is 10.2 Å². The Morgan fingerprint density at radius 3 is 2.81 bits per heavy atom.